The van der Waals surface area contributed by atoms with Gasteiger partial charge in [0.25, 0.3) is 0 Å². The van der Waals surface area contributed by atoms with Crippen LogP contribution >= 0.6 is 0 Å². The molecule has 1 N–H and O–H groups in total. The molecule has 10 heteroatoms. The second kappa shape index (κ2) is 11.6. The predicted molar refractivity (Wildman–Crippen MR) is 120 cm³/mol. The third-order valence-corrected chi connectivity index (χ3v) is 6.72. The molecular weight excluding hydrogens is 491 g/mol. The van der Waals surface area contributed by atoms with E-state index in [1.54, 1.807) is 6.07 Å². The van der Waals surface area contributed by atoms with E-state index in [1.165, 1.54) is 30.3 Å². The van der Waals surface area contributed by atoms with Crippen molar-refractivity contribution in [2.75, 3.05) is 6.54 Å². The molecule has 3 nitrogen and oxygen atoms in total. The Morgan fingerprint density at radius 3 is 2.31 bits per heavy atom. The lowest BCUT2D eigenvalue weighted by atomic mass is 9.83. The van der Waals surface area contributed by atoms with Crippen LogP contribution in [0.2, 0.25) is 0 Å². The number of carbonyl (C=O) groups is 1. The van der Waals surface area contributed by atoms with Gasteiger partial charge in [-0.2, -0.15) is 26.3 Å². The molecule has 36 heavy (non-hydrogen) atoms. The Morgan fingerprint density at radius 2 is 1.72 bits per heavy atom. The van der Waals surface area contributed by atoms with E-state index in [0.29, 0.717) is 43.4 Å². The van der Waals surface area contributed by atoms with Crippen LogP contribution in [0.25, 0.3) is 0 Å². The van der Waals surface area contributed by atoms with Gasteiger partial charge in [0.15, 0.2) is 0 Å². The highest BCUT2D eigenvalue weighted by Crippen LogP contribution is 2.40. The van der Waals surface area contributed by atoms with Crippen LogP contribution in [0.5, 0.6) is 0 Å². The average Bonchev–Trinajstić information content (AvgIpc) is 2.78. The summed E-state index contributed by atoms with van der Waals surface area (Å²) in [6.45, 7) is 0.315. The zero-order chi connectivity index (χ0) is 26.5. The van der Waals surface area contributed by atoms with Crippen LogP contribution in [0.3, 0.4) is 0 Å². The summed E-state index contributed by atoms with van der Waals surface area (Å²) in [4.78, 5) is 13.2. The summed E-state index contributed by atoms with van der Waals surface area (Å²) in [5.74, 6) is -1.70. The monoisotopic (exact) mass is 519 g/mol. The molecule has 0 aromatic heterocycles. The second-order valence-corrected chi connectivity index (χ2v) is 9.34. The van der Waals surface area contributed by atoms with Crippen molar-refractivity contribution in [2.45, 2.75) is 69.4 Å². The summed E-state index contributed by atoms with van der Waals surface area (Å²) in [7, 11) is 0. The molecule has 0 radical (unpaired) electrons. The van der Waals surface area contributed by atoms with Crippen LogP contribution in [0.4, 0.5) is 30.7 Å². The summed E-state index contributed by atoms with van der Waals surface area (Å²) in [5, 5.41) is 9.24. The minimum Gasteiger partial charge on any atom is -0.481 e. The molecule has 0 spiro atoms. The van der Waals surface area contributed by atoms with E-state index >= 15 is 0 Å². The van der Waals surface area contributed by atoms with Crippen LogP contribution < -0.4 is 0 Å². The maximum atomic E-state index is 13.6. The van der Waals surface area contributed by atoms with Crippen molar-refractivity contribution in [2.24, 2.45) is 5.92 Å². The SMILES string of the molecule is O=C(O)CC1CCN([C@H](CCc2cccc(F)c2)CCC(F)(F)F)C(c2ccc(C(F)(F)F)cc2)C1. The Bertz CT molecular complexity index is 1000. The number of halogens is 7. The number of benzene rings is 2. The average molecular weight is 520 g/mol. The molecule has 1 fully saturated rings. The lowest BCUT2D eigenvalue weighted by molar-refractivity contribution is -0.141. The molecule has 2 aromatic rings. The number of nitrogens with zero attached hydrogens (tertiary/aromatic N) is 1. The first-order valence-electron chi connectivity index (χ1n) is 11.8. The molecule has 0 amide bonds. The van der Waals surface area contributed by atoms with Gasteiger partial charge in [-0.15, -0.1) is 0 Å². The fourth-order valence-corrected chi connectivity index (χ4v) is 4.98. The van der Waals surface area contributed by atoms with Crippen molar-refractivity contribution >= 4 is 5.97 Å². The zero-order valence-electron chi connectivity index (χ0n) is 19.5. The van der Waals surface area contributed by atoms with E-state index in [1.807, 2.05) is 4.90 Å². The van der Waals surface area contributed by atoms with Gasteiger partial charge < -0.3 is 5.11 Å². The van der Waals surface area contributed by atoms with E-state index < -0.39 is 48.2 Å². The van der Waals surface area contributed by atoms with Gasteiger partial charge in [-0.25, -0.2) is 4.39 Å². The maximum Gasteiger partial charge on any atom is 0.416 e. The number of hydrogen-bond donors (Lipinski definition) is 1. The predicted octanol–water partition coefficient (Wildman–Crippen LogP) is 7.42. The van der Waals surface area contributed by atoms with Crippen molar-refractivity contribution in [1.82, 2.24) is 4.90 Å². The summed E-state index contributed by atoms with van der Waals surface area (Å²) >= 11 is 0. The summed E-state index contributed by atoms with van der Waals surface area (Å²) in [6, 6.07) is 9.22. The first-order chi connectivity index (χ1) is 16.8. The fraction of sp³-hybridized carbons (Fsp3) is 0.500. The second-order valence-electron chi connectivity index (χ2n) is 9.34. The quantitative estimate of drug-likeness (QED) is 0.351. The van der Waals surface area contributed by atoms with Crippen LogP contribution in [-0.2, 0) is 17.4 Å². The normalized spacial score (nSPS) is 20.3. The van der Waals surface area contributed by atoms with Gasteiger partial charge in [-0.3, -0.25) is 9.69 Å². The van der Waals surface area contributed by atoms with Gasteiger partial charge >= 0.3 is 18.3 Å². The Morgan fingerprint density at radius 1 is 1.03 bits per heavy atom. The number of alkyl halides is 6. The van der Waals surface area contributed by atoms with Gasteiger partial charge in [-0.1, -0.05) is 24.3 Å². The minimum absolute atomic E-state index is 0.124. The van der Waals surface area contributed by atoms with E-state index in [2.05, 4.69) is 0 Å². The number of aliphatic carboxylic acids is 1. The molecule has 3 atom stereocenters. The Hall–Kier alpha value is -2.62. The smallest absolute Gasteiger partial charge is 0.416 e. The summed E-state index contributed by atoms with van der Waals surface area (Å²) in [5.41, 5.74) is 0.301. The van der Waals surface area contributed by atoms with E-state index in [9.17, 15) is 40.6 Å². The van der Waals surface area contributed by atoms with E-state index in [0.717, 1.165) is 12.1 Å². The maximum absolute atomic E-state index is 13.6. The molecule has 1 aliphatic heterocycles. The highest BCUT2D eigenvalue weighted by Gasteiger charge is 2.37. The first-order valence-corrected chi connectivity index (χ1v) is 11.8. The molecule has 3 rings (SSSR count). The lowest BCUT2D eigenvalue weighted by Crippen LogP contribution is -2.44. The number of carboxylic acids is 1. The van der Waals surface area contributed by atoms with E-state index in [4.69, 9.17) is 0 Å². The molecule has 2 aromatic carbocycles. The van der Waals surface area contributed by atoms with Crippen LogP contribution in [0.1, 0.15) is 61.3 Å². The summed E-state index contributed by atoms with van der Waals surface area (Å²) in [6.07, 6.45) is -8.92. The third kappa shape index (κ3) is 8.21. The van der Waals surface area contributed by atoms with Crippen LogP contribution in [0, 0.1) is 11.7 Å². The van der Waals surface area contributed by atoms with Gasteiger partial charge in [-0.05, 0) is 80.0 Å². The Labute approximate surface area is 204 Å². The van der Waals surface area contributed by atoms with Gasteiger partial charge in [0, 0.05) is 24.9 Å². The topological polar surface area (TPSA) is 40.5 Å². The third-order valence-electron chi connectivity index (χ3n) is 6.72. The number of rotatable bonds is 9. The molecule has 0 bridgehead atoms. The minimum atomic E-state index is -4.53. The molecular formula is C26H28F7NO2. The zero-order valence-corrected chi connectivity index (χ0v) is 19.5. The molecule has 0 aliphatic carbocycles. The van der Waals surface area contributed by atoms with Crippen LogP contribution in [-0.4, -0.2) is 34.7 Å². The molecule has 1 heterocycles. The number of hydrogen-bond acceptors (Lipinski definition) is 2. The van der Waals surface area contributed by atoms with Crippen molar-refractivity contribution in [3.63, 3.8) is 0 Å². The summed E-state index contributed by atoms with van der Waals surface area (Å²) < 4.78 is 92.2. The Kier molecular flexibility index (Phi) is 9.03. The van der Waals surface area contributed by atoms with Gasteiger partial charge in [0.2, 0.25) is 0 Å². The molecule has 198 valence electrons. The number of likely N-dealkylation sites (tertiary alicyclic amines) is 1. The lowest BCUT2D eigenvalue weighted by Gasteiger charge is -2.44. The van der Waals surface area contributed by atoms with E-state index in [-0.39, 0.29) is 18.8 Å². The largest absolute Gasteiger partial charge is 0.481 e. The molecule has 0 saturated carbocycles. The standard InChI is InChI=1S/C26H28F7NO2/c27-21-3-1-2-17(14-21)4-9-22(10-12-25(28,29)30)34-13-11-18(16-24(35)36)15-23(34)19-5-7-20(8-6-19)26(31,32)33/h1-3,5-8,14,18,22-23H,4,9-13,15-16H2,(H,35,36)/t18?,22-,23?/m1/s1. The first kappa shape index (κ1) is 28.0. The molecule has 1 aliphatic rings. The Balaban J connectivity index is 1.89. The van der Waals surface area contributed by atoms with Gasteiger partial charge in [0.05, 0.1) is 5.56 Å². The molecule has 1 saturated heterocycles. The van der Waals surface area contributed by atoms with Crippen molar-refractivity contribution in [1.29, 1.82) is 0 Å². The van der Waals surface area contributed by atoms with Gasteiger partial charge in [0.1, 0.15) is 5.82 Å². The highest BCUT2D eigenvalue weighted by atomic mass is 19.4. The number of piperidine rings is 1. The number of aryl methyl sites for hydroxylation is 1. The molecule has 2 unspecified atom stereocenters. The van der Waals surface area contributed by atoms with Crippen molar-refractivity contribution in [3.8, 4) is 0 Å². The number of carboxylic acid groups (broad SMARTS) is 1. The van der Waals surface area contributed by atoms with Crippen molar-refractivity contribution in [3.05, 3.63) is 71.0 Å². The highest BCUT2D eigenvalue weighted by molar-refractivity contribution is 5.67. The fourth-order valence-electron chi connectivity index (χ4n) is 4.98. The van der Waals surface area contributed by atoms with Crippen molar-refractivity contribution < 1.29 is 40.6 Å². The van der Waals surface area contributed by atoms with Crippen LogP contribution in [0.15, 0.2) is 48.5 Å².